The van der Waals surface area contributed by atoms with E-state index in [4.69, 9.17) is 16.6 Å². The third kappa shape index (κ3) is 10.5. The minimum Gasteiger partial charge on any atom is -0.481 e. The van der Waals surface area contributed by atoms with Crippen molar-refractivity contribution >= 4 is 46.5 Å². The van der Waals surface area contributed by atoms with Crippen LogP contribution in [0.3, 0.4) is 0 Å². The van der Waals surface area contributed by atoms with Crippen LogP contribution in [0.25, 0.3) is 16.0 Å². The molecule has 1 aromatic carbocycles. The Morgan fingerprint density at radius 2 is 1.62 bits per heavy atom. The van der Waals surface area contributed by atoms with Gasteiger partial charge >= 0.3 is 5.97 Å². The third-order valence-electron chi connectivity index (χ3n) is 6.11. The largest absolute Gasteiger partial charge is 0.481 e. The van der Waals surface area contributed by atoms with Gasteiger partial charge in [-0.2, -0.15) is 0 Å². The summed E-state index contributed by atoms with van der Waals surface area (Å²) < 4.78 is 0. The number of allylic oxidation sites excluding steroid dienone is 4. The lowest BCUT2D eigenvalue weighted by Crippen LogP contribution is -2.53. The third-order valence-corrected chi connectivity index (χ3v) is 7.09. The fraction of sp³-hybridized carbons (Fsp3) is 0.345. The first kappa shape index (κ1) is 32.0. The van der Waals surface area contributed by atoms with Crippen molar-refractivity contribution in [1.29, 1.82) is 0 Å². The number of benzene rings is 1. The van der Waals surface area contributed by atoms with Crippen molar-refractivity contribution in [2.45, 2.75) is 64.5 Å². The Hall–Kier alpha value is -4.25. The molecule has 0 saturated heterocycles. The average molecular weight is 569 g/mol. The van der Waals surface area contributed by atoms with Gasteiger partial charge in [0.05, 0.1) is 0 Å². The number of thiophene rings is 1. The Morgan fingerprint density at radius 1 is 0.950 bits per heavy atom. The van der Waals surface area contributed by atoms with E-state index in [9.17, 15) is 24.0 Å². The van der Waals surface area contributed by atoms with Crippen molar-refractivity contribution in [2.75, 3.05) is 0 Å². The van der Waals surface area contributed by atoms with Gasteiger partial charge in [-0.1, -0.05) is 42.5 Å². The zero-order chi connectivity index (χ0) is 29.7. The van der Waals surface area contributed by atoms with Gasteiger partial charge in [0, 0.05) is 24.1 Å². The number of hydrogen-bond acceptors (Lipinski definition) is 6. The standard InChI is InChI=1S/C29H36N4O6S/c1-3-5-19(4-2)21-16-24(40-17-21)20-9-6-18(7-10-20)8-14-26(35)32-23(11-13-25(30)34)29(39)33-22(28(31)38)12-15-27(36)37/h3-7,9-10,16-17,22-23H,8,11-15H2,1-2H3,(H2,30,34)(H2,31,38)(H,32,35)(H,33,39)(H,36,37)/b5-3-,19-4+/t22-,23?/m0/s1. The number of aliphatic carboxylic acids is 1. The predicted octanol–water partition coefficient (Wildman–Crippen LogP) is 2.91. The van der Waals surface area contributed by atoms with Gasteiger partial charge < -0.3 is 27.2 Å². The molecular formula is C29H36N4O6S. The number of nitrogens with two attached hydrogens (primary N) is 2. The first-order chi connectivity index (χ1) is 19.0. The Labute approximate surface area is 237 Å². The fourth-order valence-electron chi connectivity index (χ4n) is 3.92. The van der Waals surface area contributed by atoms with Crippen molar-refractivity contribution in [3.63, 3.8) is 0 Å². The minimum absolute atomic E-state index is 0.0785. The van der Waals surface area contributed by atoms with Crippen LogP contribution in [0.4, 0.5) is 0 Å². The van der Waals surface area contributed by atoms with Crippen molar-refractivity contribution in [3.8, 4) is 10.4 Å². The van der Waals surface area contributed by atoms with Gasteiger partial charge in [0.1, 0.15) is 12.1 Å². The quantitative estimate of drug-likeness (QED) is 0.194. The van der Waals surface area contributed by atoms with E-state index < -0.39 is 41.7 Å². The molecule has 11 heteroatoms. The number of nitrogens with one attached hydrogen (secondary N) is 2. The summed E-state index contributed by atoms with van der Waals surface area (Å²) in [7, 11) is 0. The van der Waals surface area contributed by atoms with E-state index in [1.807, 2.05) is 44.2 Å². The molecule has 40 heavy (non-hydrogen) atoms. The van der Waals surface area contributed by atoms with Gasteiger partial charge in [-0.25, -0.2) is 0 Å². The molecule has 1 aromatic heterocycles. The maximum absolute atomic E-state index is 12.8. The molecule has 10 nitrogen and oxygen atoms in total. The van der Waals surface area contributed by atoms with Crippen LogP contribution in [0.5, 0.6) is 0 Å². The summed E-state index contributed by atoms with van der Waals surface area (Å²) in [4.78, 5) is 60.3. The van der Waals surface area contributed by atoms with Crippen LogP contribution in [-0.4, -0.2) is 46.8 Å². The normalized spacial score (nSPS) is 13.0. The molecule has 0 aliphatic rings. The molecule has 214 valence electrons. The first-order valence-corrected chi connectivity index (χ1v) is 13.8. The summed E-state index contributed by atoms with van der Waals surface area (Å²) in [5, 5.41) is 15.9. The Kier molecular flexibility index (Phi) is 12.8. The van der Waals surface area contributed by atoms with Crippen LogP contribution >= 0.6 is 11.3 Å². The fourth-order valence-corrected chi connectivity index (χ4v) is 4.84. The second-order valence-electron chi connectivity index (χ2n) is 9.16. The first-order valence-electron chi connectivity index (χ1n) is 12.9. The zero-order valence-corrected chi connectivity index (χ0v) is 23.5. The second kappa shape index (κ2) is 16.0. The van der Waals surface area contributed by atoms with Crippen molar-refractivity contribution in [3.05, 3.63) is 65.1 Å². The molecule has 0 radical (unpaired) electrons. The van der Waals surface area contributed by atoms with Crippen molar-refractivity contribution in [1.82, 2.24) is 10.6 Å². The summed E-state index contributed by atoms with van der Waals surface area (Å²) >= 11 is 1.65. The van der Waals surface area contributed by atoms with Crippen molar-refractivity contribution in [2.24, 2.45) is 11.5 Å². The zero-order valence-electron chi connectivity index (χ0n) is 22.6. The Balaban J connectivity index is 2.00. The molecule has 7 N–H and O–H groups in total. The molecule has 0 spiro atoms. The number of hydrogen-bond donors (Lipinski definition) is 5. The number of carbonyl (C=O) groups excluding carboxylic acids is 4. The van der Waals surface area contributed by atoms with Crippen LogP contribution in [0.2, 0.25) is 0 Å². The van der Waals surface area contributed by atoms with Gasteiger partial charge in [-0.05, 0) is 66.8 Å². The van der Waals surface area contributed by atoms with E-state index in [0.717, 1.165) is 27.1 Å². The number of carboxylic acids is 1. The Morgan fingerprint density at radius 3 is 2.20 bits per heavy atom. The number of aryl methyl sites for hydroxylation is 1. The number of carbonyl (C=O) groups is 5. The van der Waals surface area contributed by atoms with Gasteiger partial charge in [-0.15, -0.1) is 11.3 Å². The molecule has 0 aliphatic carbocycles. The number of amides is 4. The lowest BCUT2D eigenvalue weighted by molar-refractivity contribution is -0.138. The van der Waals surface area contributed by atoms with Crippen LogP contribution < -0.4 is 22.1 Å². The monoisotopic (exact) mass is 568 g/mol. The van der Waals surface area contributed by atoms with Gasteiger partial charge in [-0.3, -0.25) is 24.0 Å². The molecule has 1 heterocycles. The minimum atomic E-state index is -1.23. The van der Waals surface area contributed by atoms with Gasteiger partial charge in [0.15, 0.2) is 0 Å². The molecule has 1 unspecified atom stereocenters. The van der Waals surface area contributed by atoms with Crippen molar-refractivity contribution < 1.29 is 29.1 Å². The molecule has 2 atom stereocenters. The second-order valence-corrected chi connectivity index (χ2v) is 10.1. The van der Waals surface area contributed by atoms with Gasteiger partial charge in [0.2, 0.25) is 23.6 Å². The maximum atomic E-state index is 12.8. The lowest BCUT2D eigenvalue weighted by Gasteiger charge is -2.21. The topological polar surface area (TPSA) is 182 Å². The average Bonchev–Trinajstić information content (AvgIpc) is 3.40. The number of rotatable bonds is 16. The predicted molar refractivity (Wildman–Crippen MR) is 155 cm³/mol. The maximum Gasteiger partial charge on any atom is 0.303 e. The summed E-state index contributed by atoms with van der Waals surface area (Å²) in [6.45, 7) is 3.99. The lowest BCUT2D eigenvalue weighted by atomic mass is 10.0. The summed E-state index contributed by atoms with van der Waals surface area (Å²) in [5.41, 5.74) is 14.8. The van der Waals surface area contributed by atoms with E-state index in [0.29, 0.717) is 6.42 Å². The molecule has 0 fully saturated rings. The van der Waals surface area contributed by atoms with E-state index in [1.165, 1.54) is 0 Å². The number of carboxylic acid groups (broad SMARTS) is 1. The molecule has 0 saturated carbocycles. The Bertz CT molecular complexity index is 1270. The molecule has 0 bridgehead atoms. The van der Waals surface area contributed by atoms with E-state index >= 15 is 0 Å². The van der Waals surface area contributed by atoms with Crippen LogP contribution in [0.1, 0.15) is 57.1 Å². The summed E-state index contributed by atoms with van der Waals surface area (Å²) in [6.07, 6.45) is 5.78. The molecule has 2 aromatic rings. The highest BCUT2D eigenvalue weighted by molar-refractivity contribution is 7.13. The smallest absolute Gasteiger partial charge is 0.303 e. The molecule has 2 rings (SSSR count). The summed E-state index contributed by atoms with van der Waals surface area (Å²) in [6, 6.07) is 7.65. The SMILES string of the molecule is C/C=C\C(=C/C)c1csc(-c2ccc(CCC(=O)NC(CCC(N)=O)C(=O)N[C@@H](CCC(=O)O)C(N)=O)cc2)c1. The van der Waals surface area contributed by atoms with Gasteiger partial charge in [0.25, 0.3) is 0 Å². The highest BCUT2D eigenvalue weighted by Gasteiger charge is 2.26. The number of primary amides is 2. The summed E-state index contributed by atoms with van der Waals surface area (Å²) in [5.74, 6) is -3.90. The van der Waals surface area contributed by atoms with Crippen LogP contribution in [0.15, 0.2) is 53.9 Å². The highest BCUT2D eigenvalue weighted by atomic mass is 32.1. The molecule has 0 aliphatic heterocycles. The van der Waals surface area contributed by atoms with E-state index in [1.54, 1.807) is 11.3 Å². The molecule has 4 amide bonds. The molecular weight excluding hydrogens is 532 g/mol. The van der Waals surface area contributed by atoms with Crippen LogP contribution in [-0.2, 0) is 30.4 Å². The van der Waals surface area contributed by atoms with Crippen LogP contribution in [0, 0.1) is 0 Å². The van der Waals surface area contributed by atoms with E-state index in [-0.39, 0.29) is 32.1 Å². The highest BCUT2D eigenvalue weighted by Crippen LogP contribution is 2.31. The van der Waals surface area contributed by atoms with E-state index in [2.05, 4.69) is 34.2 Å².